The second-order valence-electron chi connectivity index (χ2n) is 4.92. The van der Waals surface area contributed by atoms with Gasteiger partial charge in [0.05, 0.1) is 24.4 Å². The van der Waals surface area contributed by atoms with E-state index in [1.54, 1.807) is 0 Å². The van der Waals surface area contributed by atoms with Crippen molar-refractivity contribution < 1.29 is 9.47 Å². The van der Waals surface area contributed by atoms with Crippen LogP contribution in [-0.2, 0) is 9.47 Å². The second kappa shape index (κ2) is 7.24. The lowest BCUT2D eigenvalue weighted by Gasteiger charge is -2.23. The summed E-state index contributed by atoms with van der Waals surface area (Å²) >= 11 is 0. The van der Waals surface area contributed by atoms with Gasteiger partial charge < -0.3 is 9.47 Å². The molecule has 2 heteroatoms. The summed E-state index contributed by atoms with van der Waals surface area (Å²) in [5.41, 5.74) is -0.109. The van der Waals surface area contributed by atoms with Gasteiger partial charge in [-0.3, -0.25) is 0 Å². The Morgan fingerprint density at radius 1 is 0.643 bits per heavy atom. The van der Waals surface area contributed by atoms with Gasteiger partial charge >= 0.3 is 0 Å². The van der Waals surface area contributed by atoms with Crippen LogP contribution in [0.3, 0.4) is 0 Å². The first-order valence-electron chi connectivity index (χ1n) is 4.49. The lowest BCUT2D eigenvalue weighted by Crippen LogP contribution is -2.26. The number of rotatable bonds is 3. The molecule has 0 aromatic heterocycles. The molecule has 0 aliphatic heterocycles. The molecule has 14 heavy (non-hydrogen) atoms. The quantitative estimate of drug-likeness (QED) is 0.652. The SMILES string of the molecule is C.C.CC(C)(C)OCCOC(C)(C)C. The molecule has 0 saturated carbocycles. The van der Waals surface area contributed by atoms with Crippen molar-refractivity contribution >= 4 is 0 Å². The Balaban J connectivity index is -0.000000605. The molecule has 0 atom stereocenters. The molecule has 2 nitrogen and oxygen atoms in total. The molecule has 0 spiro atoms. The van der Waals surface area contributed by atoms with Crippen molar-refractivity contribution in [3.63, 3.8) is 0 Å². The number of hydrogen-bond donors (Lipinski definition) is 0. The van der Waals surface area contributed by atoms with Gasteiger partial charge in [0.15, 0.2) is 0 Å². The molecular weight excluding hydrogens is 176 g/mol. The third-order valence-corrected chi connectivity index (χ3v) is 1.15. The Morgan fingerprint density at radius 2 is 0.857 bits per heavy atom. The van der Waals surface area contributed by atoms with Gasteiger partial charge in [0, 0.05) is 0 Å². The van der Waals surface area contributed by atoms with Crippen LogP contribution in [0.15, 0.2) is 0 Å². The van der Waals surface area contributed by atoms with E-state index in [1.165, 1.54) is 0 Å². The lowest BCUT2D eigenvalue weighted by atomic mass is 10.2. The summed E-state index contributed by atoms with van der Waals surface area (Å²) < 4.78 is 11.0. The average molecular weight is 206 g/mol. The highest BCUT2D eigenvalue weighted by Gasteiger charge is 2.12. The summed E-state index contributed by atoms with van der Waals surface area (Å²) in [5.74, 6) is 0. The van der Waals surface area contributed by atoms with E-state index in [2.05, 4.69) is 0 Å². The number of ether oxygens (including phenoxy) is 2. The third-order valence-electron chi connectivity index (χ3n) is 1.15. The van der Waals surface area contributed by atoms with E-state index in [1.807, 2.05) is 41.5 Å². The summed E-state index contributed by atoms with van der Waals surface area (Å²) in [6.45, 7) is 13.6. The zero-order chi connectivity index (χ0) is 9.83. The molecule has 0 bridgehead atoms. The minimum atomic E-state index is -0.0543. The van der Waals surface area contributed by atoms with Crippen LogP contribution in [0.2, 0.25) is 0 Å². The maximum Gasteiger partial charge on any atom is 0.0707 e. The Morgan fingerprint density at radius 3 is 1.00 bits per heavy atom. The fraction of sp³-hybridized carbons (Fsp3) is 1.00. The predicted molar refractivity (Wildman–Crippen MR) is 64.9 cm³/mol. The van der Waals surface area contributed by atoms with Gasteiger partial charge in [-0.05, 0) is 41.5 Å². The van der Waals surface area contributed by atoms with Crippen LogP contribution in [0.4, 0.5) is 0 Å². The zero-order valence-corrected chi connectivity index (χ0v) is 9.23. The zero-order valence-electron chi connectivity index (χ0n) is 9.23. The molecule has 0 rings (SSSR count). The van der Waals surface area contributed by atoms with Gasteiger partial charge in [0.1, 0.15) is 0 Å². The molecule has 0 radical (unpaired) electrons. The first-order valence-corrected chi connectivity index (χ1v) is 4.49. The van der Waals surface area contributed by atoms with Crippen molar-refractivity contribution in [3.8, 4) is 0 Å². The van der Waals surface area contributed by atoms with Crippen LogP contribution in [-0.4, -0.2) is 24.4 Å². The van der Waals surface area contributed by atoms with Crippen molar-refractivity contribution in [2.75, 3.05) is 13.2 Å². The second-order valence-corrected chi connectivity index (χ2v) is 4.92. The van der Waals surface area contributed by atoms with Crippen molar-refractivity contribution in [1.82, 2.24) is 0 Å². The first-order chi connectivity index (χ1) is 5.21. The van der Waals surface area contributed by atoms with Crippen LogP contribution in [0, 0.1) is 0 Å². The highest BCUT2D eigenvalue weighted by Crippen LogP contribution is 2.09. The molecule has 0 unspecified atom stereocenters. The molecule has 0 saturated heterocycles. The molecule has 90 valence electrons. The molecule has 0 fully saturated rings. The minimum absolute atomic E-state index is 0. The van der Waals surface area contributed by atoms with E-state index in [4.69, 9.17) is 9.47 Å². The predicted octanol–water partition coefficient (Wildman–Crippen LogP) is 3.89. The molecule has 0 aliphatic carbocycles. The van der Waals surface area contributed by atoms with E-state index >= 15 is 0 Å². The van der Waals surface area contributed by atoms with Gasteiger partial charge in [-0.2, -0.15) is 0 Å². The van der Waals surface area contributed by atoms with E-state index in [-0.39, 0.29) is 26.1 Å². The largest absolute Gasteiger partial charge is 0.373 e. The molecule has 0 N–H and O–H groups in total. The fourth-order valence-corrected chi connectivity index (χ4v) is 0.696. The van der Waals surface area contributed by atoms with Crippen LogP contribution < -0.4 is 0 Å². The minimum Gasteiger partial charge on any atom is -0.373 e. The summed E-state index contributed by atoms with van der Waals surface area (Å²) in [7, 11) is 0. The van der Waals surface area contributed by atoms with Crippen molar-refractivity contribution in [2.24, 2.45) is 0 Å². The summed E-state index contributed by atoms with van der Waals surface area (Å²) in [6.07, 6.45) is 0. The lowest BCUT2D eigenvalue weighted by molar-refractivity contribution is -0.0719. The first kappa shape index (κ1) is 19.5. The Kier molecular flexibility index (Phi) is 10.1. The van der Waals surface area contributed by atoms with Crippen molar-refractivity contribution in [1.29, 1.82) is 0 Å². The van der Waals surface area contributed by atoms with Crippen molar-refractivity contribution in [3.05, 3.63) is 0 Å². The van der Waals surface area contributed by atoms with E-state index < -0.39 is 0 Å². The van der Waals surface area contributed by atoms with Gasteiger partial charge in [-0.15, -0.1) is 0 Å². The molecule has 0 aromatic carbocycles. The number of hydrogen-bond acceptors (Lipinski definition) is 2. The molecule has 0 amide bonds. The summed E-state index contributed by atoms with van der Waals surface area (Å²) in [5, 5.41) is 0. The van der Waals surface area contributed by atoms with Crippen LogP contribution in [0.5, 0.6) is 0 Å². The van der Waals surface area contributed by atoms with Crippen LogP contribution in [0.25, 0.3) is 0 Å². The maximum atomic E-state index is 5.50. The van der Waals surface area contributed by atoms with Gasteiger partial charge in [-0.25, -0.2) is 0 Å². The third kappa shape index (κ3) is 17.9. The smallest absolute Gasteiger partial charge is 0.0707 e. The monoisotopic (exact) mass is 206 g/mol. The average Bonchev–Trinajstić information content (AvgIpc) is 1.76. The van der Waals surface area contributed by atoms with Crippen LogP contribution >= 0.6 is 0 Å². The van der Waals surface area contributed by atoms with Gasteiger partial charge in [0.2, 0.25) is 0 Å². The van der Waals surface area contributed by atoms with E-state index in [9.17, 15) is 0 Å². The Bertz CT molecular complexity index is 101. The van der Waals surface area contributed by atoms with E-state index in [0.29, 0.717) is 13.2 Å². The van der Waals surface area contributed by atoms with Gasteiger partial charge in [-0.1, -0.05) is 14.9 Å². The van der Waals surface area contributed by atoms with Crippen LogP contribution in [0.1, 0.15) is 56.4 Å². The fourth-order valence-electron chi connectivity index (χ4n) is 0.696. The maximum absolute atomic E-state index is 5.50. The highest BCUT2D eigenvalue weighted by atomic mass is 16.5. The standard InChI is InChI=1S/C10H22O2.2CH4/c1-9(2,3)11-7-8-12-10(4,5)6;;/h7-8H2,1-6H3;2*1H4. The molecule has 0 heterocycles. The Labute approximate surface area is 91.0 Å². The summed E-state index contributed by atoms with van der Waals surface area (Å²) in [6, 6.07) is 0. The van der Waals surface area contributed by atoms with Crippen molar-refractivity contribution in [2.45, 2.75) is 67.6 Å². The molecule has 0 aliphatic rings. The Hall–Kier alpha value is -0.0800. The van der Waals surface area contributed by atoms with E-state index in [0.717, 1.165) is 0 Å². The normalized spacial score (nSPS) is 11.6. The molecule has 0 aromatic rings. The summed E-state index contributed by atoms with van der Waals surface area (Å²) in [4.78, 5) is 0. The van der Waals surface area contributed by atoms with Gasteiger partial charge in [0.25, 0.3) is 0 Å². The molecular formula is C12H30O2. The highest BCUT2D eigenvalue weighted by molar-refractivity contribution is 4.60. The topological polar surface area (TPSA) is 18.5 Å².